The second kappa shape index (κ2) is 6.04. The minimum absolute atomic E-state index is 0.740. The molecule has 0 aromatic carbocycles. The van der Waals surface area contributed by atoms with Gasteiger partial charge in [0, 0.05) is 0 Å². The van der Waals surface area contributed by atoms with Gasteiger partial charge in [0.25, 0.3) is 0 Å². The third-order valence-electron chi connectivity index (χ3n) is 2.83. The molecule has 3 heteroatoms. The molecule has 0 heterocycles. The maximum Gasteiger partial charge on any atom is 0.129 e. The van der Waals surface area contributed by atoms with Crippen LogP contribution in [0.3, 0.4) is 0 Å². The van der Waals surface area contributed by atoms with E-state index in [0.717, 1.165) is 19.3 Å². The molecule has 98 valence electrons. The Morgan fingerprint density at radius 3 is 2.06 bits per heavy atom. The Labute approximate surface area is 109 Å². The molecule has 1 atom stereocenters. The van der Waals surface area contributed by atoms with E-state index >= 15 is 0 Å². The van der Waals surface area contributed by atoms with Crippen LogP contribution in [-0.2, 0) is 0 Å². The first-order chi connectivity index (χ1) is 7.52. The highest BCUT2D eigenvalue weighted by molar-refractivity contribution is 6.84. The first-order valence-electron chi connectivity index (χ1n) is 6.39. The summed E-state index contributed by atoms with van der Waals surface area (Å²) in [6, 6.07) is 0. The van der Waals surface area contributed by atoms with Crippen molar-refractivity contribution in [1.29, 1.82) is 0 Å². The minimum Gasteiger partial charge on any atom is -0.381 e. The van der Waals surface area contributed by atoms with Crippen LogP contribution in [0.5, 0.6) is 0 Å². The van der Waals surface area contributed by atoms with Crippen LogP contribution in [0.25, 0.3) is 0 Å². The summed E-state index contributed by atoms with van der Waals surface area (Å²) in [5, 5.41) is 10.1. The summed E-state index contributed by atoms with van der Waals surface area (Å²) in [6.07, 6.45) is 4.63. The van der Waals surface area contributed by atoms with Crippen LogP contribution in [0.4, 0.5) is 0 Å². The maximum atomic E-state index is 10.8. The van der Waals surface area contributed by atoms with Crippen molar-refractivity contribution in [2.75, 3.05) is 0 Å². The number of rotatable bonds is 5. The van der Waals surface area contributed by atoms with Gasteiger partial charge in [0.2, 0.25) is 0 Å². The molecular formula is C14H28OSi2. The molecule has 0 aliphatic carbocycles. The molecule has 0 rings (SSSR count). The third kappa shape index (κ3) is 6.25. The molecule has 0 spiro atoms. The van der Waals surface area contributed by atoms with Gasteiger partial charge in [-0.05, 0) is 19.3 Å². The van der Waals surface area contributed by atoms with E-state index in [0.29, 0.717) is 0 Å². The normalized spacial score (nSPS) is 15.7. The molecule has 0 aromatic heterocycles. The SMILES string of the molecule is C=CCCCC(O)(C#C[Si](C)(C)C)[Si](C)(C)C. The Morgan fingerprint density at radius 1 is 1.18 bits per heavy atom. The summed E-state index contributed by atoms with van der Waals surface area (Å²) >= 11 is 0. The monoisotopic (exact) mass is 268 g/mol. The number of unbranched alkanes of at least 4 members (excludes halogenated alkanes) is 1. The molecule has 1 nitrogen and oxygen atoms in total. The molecule has 1 unspecified atom stereocenters. The van der Waals surface area contributed by atoms with Crippen LogP contribution in [0, 0.1) is 11.5 Å². The van der Waals surface area contributed by atoms with Crippen molar-refractivity contribution >= 4 is 16.1 Å². The zero-order valence-electron chi connectivity index (χ0n) is 12.4. The van der Waals surface area contributed by atoms with Crippen molar-refractivity contribution in [2.24, 2.45) is 0 Å². The van der Waals surface area contributed by atoms with E-state index in [1.165, 1.54) is 0 Å². The van der Waals surface area contributed by atoms with Gasteiger partial charge in [0.05, 0.1) is 8.07 Å². The highest BCUT2D eigenvalue weighted by atomic mass is 28.3. The smallest absolute Gasteiger partial charge is 0.129 e. The number of hydrogen-bond acceptors (Lipinski definition) is 1. The van der Waals surface area contributed by atoms with Crippen molar-refractivity contribution in [2.45, 2.75) is 63.8 Å². The van der Waals surface area contributed by atoms with Crippen LogP contribution in [0.2, 0.25) is 39.3 Å². The Bertz CT molecular complexity index is 312. The maximum absolute atomic E-state index is 10.8. The highest BCUT2D eigenvalue weighted by Crippen LogP contribution is 2.26. The number of hydrogen-bond donors (Lipinski definition) is 1. The van der Waals surface area contributed by atoms with E-state index in [2.05, 4.69) is 57.3 Å². The first-order valence-corrected chi connectivity index (χ1v) is 13.4. The molecule has 0 fully saturated rings. The van der Waals surface area contributed by atoms with E-state index < -0.39 is 21.4 Å². The van der Waals surface area contributed by atoms with E-state index in [9.17, 15) is 5.11 Å². The molecule has 1 N–H and O–H groups in total. The van der Waals surface area contributed by atoms with E-state index in [1.54, 1.807) is 0 Å². The Kier molecular flexibility index (Phi) is 5.93. The molecule has 0 aliphatic rings. The minimum atomic E-state index is -1.69. The summed E-state index contributed by atoms with van der Waals surface area (Å²) in [5.41, 5.74) is 3.34. The Morgan fingerprint density at radius 2 is 1.71 bits per heavy atom. The fraction of sp³-hybridized carbons (Fsp3) is 0.714. The van der Waals surface area contributed by atoms with Gasteiger partial charge in [-0.1, -0.05) is 51.3 Å². The fourth-order valence-corrected chi connectivity index (χ4v) is 3.49. The van der Waals surface area contributed by atoms with Gasteiger partial charge in [-0.15, -0.1) is 12.1 Å². The molecule has 0 bridgehead atoms. The lowest BCUT2D eigenvalue weighted by Gasteiger charge is -2.35. The molecule has 0 aliphatic heterocycles. The molecule has 0 saturated heterocycles. The first kappa shape index (κ1) is 16.7. The quantitative estimate of drug-likeness (QED) is 0.348. The Balaban J connectivity index is 4.97. The lowest BCUT2D eigenvalue weighted by atomic mass is 10.1. The van der Waals surface area contributed by atoms with Gasteiger partial charge in [-0.3, -0.25) is 0 Å². The van der Waals surface area contributed by atoms with E-state index in [1.807, 2.05) is 6.08 Å². The standard InChI is InChI=1S/C14H28OSi2/c1-8-9-10-11-14(15,17(5,6)7)12-13-16(2,3)4/h8,15H,1,9-11H2,2-7H3. The summed E-state index contributed by atoms with van der Waals surface area (Å²) in [5.74, 6) is 3.23. The van der Waals surface area contributed by atoms with Gasteiger partial charge in [0.1, 0.15) is 13.3 Å². The zero-order chi connectivity index (χ0) is 13.7. The largest absolute Gasteiger partial charge is 0.381 e. The number of aliphatic hydroxyl groups is 1. The highest BCUT2D eigenvalue weighted by Gasteiger charge is 2.39. The van der Waals surface area contributed by atoms with Gasteiger partial charge >= 0.3 is 0 Å². The second-order valence-electron chi connectivity index (χ2n) is 6.79. The molecular weight excluding hydrogens is 240 g/mol. The number of allylic oxidation sites excluding steroid dienone is 1. The van der Waals surface area contributed by atoms with Crippen molar-refractivity contribution < 1.29 is 5.11 Å². The van der Waals surface area contributed by atoms with E-state index in [4.69, 9.17) is 0 Å². The van der Waals surface area contributed by atoms with Crippen LogP contribution >= 0.6 is 0 Å². The summed E-state index contributed by atoms with van der Waals surface area (Å²) in [7, 11) is -3.10. The predicted octanol–water partition coefficient (Wildman–Crippen LogP) is 3.83. The van der Waals surface area contributed by atoms with E-state index in [-0.39, 0.29) is 0 Å². The van der Waals surface area contributed by atoms with Crippen molar-refractivity contribution in [3.8, 4) is 11.5 Å². The van der Waals surface area contributed by atoms with Crippen molar-refractivity contribution in [1.82, 2.24) is 0 Å². The van der Waals surface area contributed by atoms with Crippen molar-refractivity contribution in [3.63, 3.8) is 0 Å². The van der Waals surface area contributed by atoms with Gasteiger partial charge < -0.3 is 5.11 Å². The molecule has 0 radical (unpaired) electrons. The summed E-state index contributed by atoms with van der Waals surface area (Å²) < 4.78 is 0. The molecule has 0 amide bonds. The van der Waals surface area contributed by atoms with Gasteiger partial charge in [-0.2, -0.15) is 0 Å². The van der Waals surface area contributed by atoms with Gasteiger partial charge in [0.15, 0.2) is 0 Å². The topological polar surface area (TPSA) is 20.2 Å². The lowest BCUT2D eigenvalue weighted by molar-refractivity contribution is 0.163. The average Bonchev–Trinajstić information content (AvgIpc) is 2.12. The van der Waals surface area contributed by atoms with Crippen LogP contribution in [0.15, 0.2) is 12.7 Å². The third-order valence-corrected chi connectivity index (χ3v) is 6.56. The Hall–Kier alpha value is -0.306. The lowest BCUT2D eigenvalue weighted by Crippen LogP contribution is -2.51. The summed E-state index contributed by atoms with van der Waals surface area (Å²) in [4.78, 5) is 0. The van der Waals surface area contributed by atoms with Gasteiger partial charge in [-0.25, -0.2) is 0 Å². The fourth-order valence-electron chi connectivity index (χ4n) is 1.42. The van der Waals surface area contributed by atoms with Crippen LogP contribution < -0.4 is 0 Å². The van der Waals surface area contributed by atoms with Crippen LogP contribution in [0.1, 0.15) is 19.3 Å². The van der Waals surface area contributed by atoms with Crippen LogP contribution in [-0.4, -0.2) is 26.5 Å². The molecule has 0 saturated carbocycles. The molecule has 17 heavy (non-hydrogen) atoms. The zero-order valence-corrected chi connectivity index (χ0v) is 14.4. The second-order valence-corrected chi connectivity index (χ2v) is 16.9. The molecule has 0 aromatic rings. The van der Waals surface area contributed by atoms with Crippen molar-refractivity contribution in [3.05, 3.63) is 12.7 Å². The summed E-state index contributed by atoms with van der Waals surface area (Å²) in [6.45, 7) is 17.0. The predicted molar refractivity (Wildman–Crippen MR) is 83.5 cm³/mol. The average molecular weight is 269 g/mol.